The van der Waals surface area contributed by atoms with Crippen LogP contribution in [0.4, 0.5) is 5.82 Å². The second kappa shape index (κ2) is 6.60. The van der Waals surface area contributed by atoms with Gasteiger partial charge in [0, 0.05) is 50.8 Å². The van der Waals surface area contributed by atoms with Gasteiger partial charge >= 0.3 is 0 Å². The lowest BCUT2D eigenvalue weighted by Gasteiger charge is -2.32. The maximum absolute atomic E-state index is 5.81. The Balaban J connectivity index is 1.69. The molecule has 0 aliphatic carbocycles. The van der Waals surface area contributed by atoms with Crippen LogP contribution in [0.5, 0.6) is 0 Å². The number of aromatic nitrogens is 3. The zero-order valence-corrected chi connectivity index (χ0v) is 12.1. The summed E-state index contributed by atoms with van der Waals surface area (Å²) in [6.07, 6.45) is 6.95. The molecule has 1 aliphatic rings. The van der Waals surface area contributed by atoms with E-state index in [1.807, 2.05) is 13.1 Å². The zero-order valence-electron chi connectivity index (χ0n) is 12.1. The van der Waals surface area contributed by atoms with Crippen molar-refractivity contribution < 1.29 is 4.74 Å². The molecule has 110 valence electrons. The summed E-state index contributed by atoms with van der Waals surface area (Å²) in [4.78, 5) is 15.2. The number of hydrogen-bond donors (Lipinski definition) is 1. The zero-order chi connectivity index (χ0) is 14.5. The molecule has 0 bridgehead atoms. The summed E-state index contributed by atoms with van der Waals surface area (Å²) in [5.41, 5.74) is 2.09. The standard InChI is InChI=1S/C15H19N5O/c1-16-15-12(3-2-4-19-15)10-20-7-8-21-14(11-20)13-9-17-5-6-18-13/h2-6,9,14H,7-8,10-11H2,1H3,(H,16,19). The average molecular weight is 285 g/mol. The number of hydrogen-bond acceptors (Lipinski definition) is 6. The molecule has 1 aliphatic heterocycles. The molecule has 2 aromatic rings. The Hall–Kier alpha value is -2.05. The molecule has 0 amide bonds. The molecule has 6 heteroatoms. The Morgan fingerprint density at radius 3 is 3.10 bits per heavy atom. The van der Waals surface area contributed by atoms with Gasteiger partial charge in [-0.3, -0.25) is 14.9 Å². The predicted octanol–water partition coefficient (Wildman–Crippen LogP) is 1.49. The van der Waals surface area contributed by atoms with Gasteiger partial charge in [-0.2, -0.15) is 0 Å². The van der Waals surface area contributed by atoms with E-state index < -0.39 is 0 Å². The molecule has 0 spiro atoms. The molecular formula is C15H19N5O. The second-order valence-corrected chi connectivity index (χ2v) is 4.99. The molecule has 1 fully saturated rings. The van der Waals surface area contributed by atoms with Crippen LogP contribution in [0.1, 0.15) is 17.4 Å². The van der Waals surface area contributed by atoms with Crippen molar-refractivity contribution in [2.75, 3.05) is 32.1 Å². The highest BCUT2D eigenvalue weighted by atomic mass is 16.5. The van der Waals surface area contributed by atoms with Gasteiger partial charge in [0.05, 0.1) is 18.5 Å². The van der Waals surface area contributed by atoms with E-state index in [1.54, 1.807) is 24.8 Å². The SMILES string of the molecule is CNc1ncccc1CN1CCOC(c2cnccn2)C1. The summed E-state index contributed by atoms with van der Waals surface area (Å²) in [5, 5.41) is 3.14. The molecule has 1 N–H and O–H groups in total. The molecule has 1 unspecified atom stereocenters. The molecular weight excluding hydrogens is 266 g/mol. The third-order valence-corrected chi connectivity index (χ3v) is 3.59. The van der Waals surface area contributed by atoms with E-state index in [2.05, 4.69) is 31.2 Å². The Labute approximate surface area is 124 Å². The normalized spacial score (nSPS) is 19.4. The lowest BCUT2D eigenvalue weighted by atomic mass is 10.1. The van der Waals surface area contributed by atoms with Gasteiger partial charge in [-0.05, 0) is 6.07 Å². The Morgan fingerprint density at radius 2 is 2.29 bits per heavy atom. The lowest BCUT2D eigenvalue weighted by Crippen LogP contribution is -2.38. The molecule has 1 saturated heterocycles. The van der Waals surface area contributed by atoms with E-state index in [0.29, 0.717) is 6.61 Å². The predicted molar refractivity (Wildman–Crippen MR) is 79.8 cm³/mol. The summed E-state index contributed by atoms with van der Waals surface area (Å²) in [6.45, 7) is 3.28. The van der Waals surface area contributed by atoms with E-state index >= 15 is 0 Å². The summed E-state index contributed by atoms with van der Waals surface area (Å²) in [7, 11) is 1.90. The lowest BCUT2D eigenvalue weighted by molar-refractivity contribution is -0.0351. The first kappa shape index (κ1) is 13.9. The minimum Gasteiger partial charge on any atom is -0.373 e. The van der Waals surface area contributed by atoms with Gasteiger partial charge in [-0.1, -0.05) is 6.07 Å². The van der Waals surface area contributed by atoms with Crippen molar-refractivity contribution in [1.82, 2.24) is 19.9 Å². The number of nitrogens with one attached hydrogen (secondary N) is 1. The van der Waals surface area contributed by atoms with E-state index in [0.717, 1.165) is 31.1 Å². The molecule has 0 aromatic carbocycles. The van der Waals surface area contributed by atoms with Crippen LogP contribution in [-0.2, 0) is 11.3 Å². The van der Waals surface area contributed by atoms with Gasteiger partial charge in [0.2, 0.25) is 0 Å². The molecule has 0 saturated carbocycles. The fraction of sp³-hybridized carbons (Fsp3) is 0.400. The molecule has 21 heavy (non-hydrogen) atoms. The smallest absolute Gasteiger partial charge is 0.130 e. The van der Waals surface area contributed by atoms with Gasteiger partial charge in [-0.15, -0.1) is 0 Å². The first-order valence-corrected chi connectivity index (χ1v) is 7.08. The van der Waals surface area contributed by atoms with Gasteiger partial charge < -0.3 is 10.1 Å². The van der Waals surface area contributed by atoms with Crippen molar-refractivity contribution in [3.63, 3.8) is 0 Å². The highest BCUT2D eigenvalue weighted by Gasteiger charge is 2.23. The van der Waals surface area contributed by atoms with Crippen LogP contribution >= 0.6 is 0 Å². The topological polar surface area (TPSA) is 63.2 Å². The molecule has 1 atom stereocenters. The van der Waals surface area contributed by atoms with Gasteiger partial charge in [0.1, 0.15) is 11.9 Å². The van der Waals surface area contributed by atoms with Gasteiger partial charge in [0.15, 0.2) is 0 Å². The maximum Gasteiger partial charge on any atom is 0.130 e. The fourth-order valence-corrected chi connectivity index (χ4v) is 2.53. The molecule has 0 radical (unpaired) electrons. The number of ether oxygens (including phenoxy) is 1. The largest absolute Gasteiger partial charge is 0.373 e. The quantitative estimate of drug-likeness (QED) is 0.918. The number of nitrogens with zero attached hydrogens (tertiary/aromatic N) is 4. The molecule has 2 aromatic heterocycles. The first-order chi connectivity index (χ1) is 10.4. The Bertz CT molecular complexity index is 577. The summed E-state index contributed by atoms with van der Waals surface area (Å²) in [6, 6.07) is 4.07. The minimum absolute atomic E-state index is 0.0119. The van der Waals surface area contributed by atoms with Crippen molar-refractivity contribution in [1.29, 1.82) is 0 Å². The number of anilines is 1. The number of pyridine rings is 1. The first-order valence-electron chi connectivity index (χ1n) is 7.08. The van der Waals surface area contributed by atoms with E-state index in [4.69, 9.17) is 4.74 Å². The third kappa shape index (κ3) is 3.34. The fourth-order valence-electron chi connectivity index (χ4n) is 2.53. The molecule has 3 heterocycles. The molecule has 6 nitrogen and oxygen atoms in total. The Kier molecular flexibility index (Phi) is 4.37. The number of rotatable bonds is 4. The highest BCUT2D eigenvalue weighted by molar-refractivity contribution is 5.42. The number of morpholine rings is 1. The van der Waals surface area contributed by atoms with Crippen LogP contribution in [0.2, 0.25) is 0 Å². The van der Waals surface area contributed by atoms with Crippen molar-refractivity contribution >= 4 is 5.82 Å². The third-order valence-electron chi connectivity index (χ3n) is 3.59. The Morgan fingerprint density at radius 1 is 1.33 bits per heavy atom. The maximum atomic E-state index is 5.81. The van der Waals surface area contributed by atoms with E-state index in [9.17, 15) is 0 Å². The van der Waals surface area contributed by atoms with Crippen molar-refractivity contribution in [3.8, 4) is 0 Å². The van der Waals surface area contributed by atoms with Crippen molar-refractivity contribution in [2.24, 2.45) is 0 Å². The van der Waals surface area contributed by atoms with Gasteiger partial charge in [-0.25, -0.2) is 4.98 Å². The average Bonchev–Trinajstić information content (AvgIpc) is 2.56. The summed E-state index contributed by atoms with van der Waals surface area (Å²) < 4.78 is 5.81. The van der Waals surface area contributed by atoms with Crippen LogP contribution in [-0.4, -0.2) is 46.6 Å². The van der Waals surface area contributed by atoms with Crippen molar-refractivity contribution in [3.05, 3.63) is 48.2 Å². The highest BCUT2D eigenvalue weighted by Crippen LogP contribution is 2.22. The van der Waals surface area contributed by atoms with Crippen LogP contribution in [0, 0.1) is 0 Å². The second-order valence-electron chi connectivity index (χ2n) is 4.99. The van der Waals surface area contributed by atoms with Crippen molar-refractivity contribution in [2.45, 2.75) is 12.6 Å². The van der Waals surface area contributed by atoms with Gasteiger partial charge in [0.25, 0.3) is 0 Å². The van der Waals surface area contributed by atoms with E-state index in [1.165, 1.54) is 5.56 Å². The van der Waals surface area contributed by atoms with Crippen LogP contribution < -0.4 is 5.32 Å². The monoisotopic (exact) mass is 285 g/mol. The minimum atomic E-state index is -0.0119. The van der Waals surface area contributed by atoms with E-state index in [-0.39, 0.29) is 6.10 Å². The summed E-state index contributed by atoms with van der Waals surface area (Å²) in [5.74, 6) is 0.931. The summed E-state index contributed by atoms with van der Waals surface area (Å²) >= 11 is 0. The van der Waals surface area contributed by atoms with Crippen LogP contribution in [0.3, 0.4) is 0 Å². The molecule has 3 rings (SSSR count). The van der Waals surface area contributed by atoms with Crippen LogP contribution in [0.15, 0.2) is 36.9 Å². The van der Waals surface area contributed by atoms with Crippen LogP contribution in [0.25, 0.3) is 0 Å².